The van der Waals surface area contributed by atoms with Crippen molar-refractivity contribution in [2.75, 3.05) is 26.2 Å². The van der Waals surface area contributed by atoms with Crippen LogP contribution in [0.25, 0.3) is 0 Å². The molecule has 1 saturated heterocycles. The normalized spacial score (nSPS) is 21.3. The molecule has 0 unspecified atom stereocenters. The van der Waals surface area contributed by atoms with E-state index in [1.54, 1.807) is 13.8 Å². The first kappa shape index (κ1) is 22.2. The molecule has 1 aromatic carbocycles. The molecule has 2 aliphatic rings. The van der Waals surface area contributed by atoms with Crippen molar-refractivity contribution in [2.24, 2.45) is 5.92 Å². The molecule has 10 heteroatoms. The minimum Gasteiger partial charge on any atom is -0.353 e. The van der Waals surface area contributed by atoms with Crippen molar-refractivity contribution in [1.29, 1.82) is 0 Å². The van der Waals surface area contributed by atoms with Crippen molar-refractivity contribution in [3.8, 4) is 0 Å². The van der Waals surface area contributed by atoms with Gasteiger partial charge in [-0.05, 0) is 49.9 Å². The summed E-state index contributed by atoms with van der Waals surface area (Å²) in [5.41, 5.74) is 0. The van der Waals surface area contributed by atoms with Crippen LogP contribution in [-0.4, -0.2) is 63.6 Å². The predicted octanol–water partition coefficient (Wildman–Crippen LogP) is 1.40. The number of piperidine rings is 1. The minimum absolute atomic E-state index is 0.0410. The molecule has 0 radical (unpaired) electrons. The fourth-order valence-electron chi connectivity index (χ4n) is 3.57. The third kappa shape index (κ3) is 4.82. The molecule has 0 spiro atoms. The highest BCUT2D eigenvalue weighted by atomic mass is 32.2. The Hall–Kier alpha value is -1.49. The van der Waals surface area contributed by atoms with E-state index < -0.39 is 20.0 Å². The maximum atomic E-state index is 13.0. The van der Waals surface area contributed by atoms with Crippen LogP contribution >= 0.6 is 0 Å². The Balaban J connectivity index is 1.75. The van der Waals surface area contributed by atoms with Crippen LogP contribution in [-0.2, 0) is 24.8 Å². The fourth-order valence-corrected chi connectivity index (χ4v) is 6.55. The topological polar surface area (TPSA) is 104 Å². The van der Waals surface area contributed by atoms with E-state index in [0.717, 1.165) is 12.8 Å². The Labute approximate surface area is 173 Å². The predicted molar refractivity (Wildman–Crippen MR) is 109 cm³/mol. The smallest absolute Gasteiger partial charge is 0.243 e. The molecular formula is C19H29N3O5S2. The summed E-state index contributed by atoms with van der Waals surface area (Å²) in [6.45, 7) is 4.71. The quantitative estimate of drug-likeness (QED) is 0.654. The lowest BCUT2D eigenvalue weighted by atomic mass is 9.99. The second kappa shape index (κ2) is 8.71. The highest BCUT2D eigenvalue weighted by Gasteiger charge is 2.35. The van der Waals surface area contributed by atoms with Crippen LogP contribution in [0.1, 0.15) is 39.5 Å². The summed E-state index contributed by atoms with van der Waals surface area (Å²) in [6, 6.07) is 5.58. The first-order valence-electron chi connectivity index (χ1n) is 10.1. The lowest BCUT2D eigenvalue weighted by Crippen LogP contribution is -2.45. The van der Waals surface area contributed by atoms with Gasteiger partial charge in [-0.15, -0.1) is 0 Å². The second-order valence-electron chi connectivity index (χ2n) is 7.55. The van der Waals surface area contributed by atoms with Gasteiger partial charge in [-0.1, -0.05) is 13.8 Å². The van der Waals surface area contributed by atoms with Crippen molar-refractivity contribution in [1.82, 2.24) is 13.9 Å². The molecule has 0 aromatic heterocycles. The van der Waals surface area contributed by atoms with Crippen LogP contribution < -0.4 is 5.32 Å². The van der Waals surface area contributed by atoms with E-state index in [9.17, 15) is 21.6 Å². The van der Waals surface area contributed by atoms with Crippen LogP contribution in [0.4, 0.5) is 0 Å². The lowest BCUT2D eigenvalue weighted by Gasteiger charge is -2.31. The summed E-state index contributed by atoms with van der Waals surface area (Å²) < 4.78 is 53.9. The summed E-state index contributed by atoms with van der Waals surface area (Å²) in [7, 11) is -7.43. The van der Waals surface area contributed by atoms with Crippen molar-refractivity contribution in [3.05, 3.63) is 24.3 Å². The van der Waals surface area contributed by atoms with Gasteiger partial charge in [0.05, 0.1) is 15.7 Å². The van der Waals surface area contributed by atoms with Crippen LogP contribution in [0.15, 0.2) is 34.1 Å². The largest absolute Gasteiger partial charge is 0.353 e. The van der Waals surface area contributed by atoms with Crippen molar-refractivity contribution >= 4 is 26.0 Å². The van der Waals surface area contributed by atoms with Gasteiger partial charge >= 0.3 is 0 Å². The highest BCUT2D eigenvalue weighted by Crippen LogP contribution is 2.27. The average molecular weight is 444 g/mol. The number of amides is 1. The average Bonchev–Trinajstić information content (AvgIpc) is 3.53. The molecule has 1 aliphatic heterocycles. The Morgan fingerprint density at radius 1 is 1.03 bits per heavy atom. The number of nitrogens with zero attached hydrogens (tertiary/aromatic N) is 2. The summed E-state index contributed by atoms with van der Waals surface area (Å²) in [5, 5.41) is 2.95. The van der Waals surface area contributed by atoms with Crippen LogP contribution in [0, 0.1) is 5.92 Å². The molecular weight excluding hydrogens is 414 g/mol. The second-order valence-corrected chi connectivity index (χ2v) is 11.4. The van der Waals surface area contributed by atoms with E-state index in [-0.39, 0.29) is 34.2 Å². The van der Waals surface area contributed by atoms with Crippen molar-refractivity contribution in [2.45, 2.75) is 55.4 Å². The Morgan fingerprint density at radius 2 is 1.62 bits per heavy atom. The molecule has 8 nitrogen and oxygen atoms in total. The van der Waals surface area contributed by atoms with E-state index in [1.807, 2.05) is 0 Å². The molecule has 162 valence electrons. The minimum atomic E-state index is -3.79. The number of carbonyl (C=O) groups excluding carboxylic acids is 1. The van der Waals surface area contributed by atoms with Gasteiger partial charge in [0.15, 0.2) is 0 Å². The summed E-state index contributed by atoms with van der Waals surface area (Å²) in [5.74, 6) is -0.422. The van der Waals surface area contributed by atoms with E-state index >= 15 is 0 Å². The molecule has 2 fully saturated rings. The van der Waals surface area contributed by atoms with E-state index in [1.165, 1.54) is 32.9 Å². The lowest BCUT2D eigenvalue weighted by molar-refractivity contribution is -0.126. The number of hydrogen-bond acceptors (Lipinski definition) is 5. The number of sulfonamides is 2. The molecule has 3 rings (SSSR count). The zero-order chi connectivity index (χ0) is 21.2. The fraction of sp³-hybridized carbons (Fsp3) is 0.632. The van der Waals surface area contributed by atoms with Gasteiger partial charge in [-0.3, -0.25) is 4.79 Å². The zero-order valence-corrected chi connectivity index (χ0v) is 18.5. The maximum absolute atomic E-state index is 13.0. The molecule has 1 N–H and O–H groups in total. The van der Waals surface area contributed by atoms with Crippen LogP contribution in [0.5, 0.6) is 0 Å². The van der Waals surface area contributed by atoms with Gasteiger partial charge in [-0.2, -0.15) is 8.61 Å². The van der Waals surface area contributed by atoms with Crippen LogP contribution in [0.2, 0.25) is 0 Å². The van der Waals surface area contributed by atoms with Crippen molar-refractivity contribution < 1.29 is 21.6 Å². The molecule has 29 heavy (non-hydrogen) atoms. The van der Waals surface area contributed by atoms with Gasteiger partial charge < -0.3 is 5.32 Å². The zero-order valence-electron chi connectivity index (χ0n) is 16.9. The van der Waals surface area contributed by atoms with Gasteiger partial charge in [0.25, 0.3) is 0 Å². The Morgan fingerprint density at radius 3 is 2.17 bits per heavy atom. The van der Waals surface area contributed by atoms with Crippen molar-refractivity contribution in [3.63, 3.8) is 0 Å². The monoisotopic (exact) mass is 443 g/mol. The van der Waals surface area contributed by atoms with E-state index in [4.69, 9.17) is 0 Å². The van der Waals surface area contributed by atoms with Gasteiger partial charge in [0, 0.05) is 32.2 Å². The Bertz CT molecular complexity index is 937. The molecule has 1 saturated carbocycles. The maximum Gasteiger partial charge on any atom is 0.243 e. The molecule has 1 heterocycles. The van der Waals surface area contributed by atoms with Gasteiger partial charge in [0.2, 0.25) is 26.0 Å². The van der Waals surface area contributed by atoms with Crippen LogP contribution in [0.3, 0.4) is 0 Å². The SMILES string of the molecule is CCN(CC)S(=O)(=O)c1ccc(S(=O)(=O)N2CCC[C@H](C(=O)NC3CC3)C2)cc1. The van der Waals surface area contributed by atoms with Gasteiger partial charge in [-0.25, -0.2) is 16.8 Å². The number of rotatable bonds is 8. The number of nitrogens with one attached hydrogen (secondary N) is 1. The number of benzene rings is 1. The standard InChI is InChI=1S/C19H29N3O5S2/c1-3-21(4-2)28(24,25)17-9-11-18(12-10-17)29(26,27)22-13-5-6-15(14-22)19(23)20-16-7-8-16/h9-12,15-16H,3-8,13-14H2,1-2H3,(H,20,23)/t15-/m0/s1. The molecule has 0 bridgehead atoms. The number of hydrogen-bond donors (Lipinski definition) is 1. The first-order chi connectivity index (χ1) is 13.7. The van der Waals surface area contributed by atoms with E-state index in [2.05, 4.69) is 5.32 Å². The summed E-state index contributed by atoms with van der Waals surface area (Å²) >= 11 is 0. The highest BCUT2D eigenvalue weighted by molar-refractivity contribution is 7.89. The third-order valence-corrected chi connectivity index (χ3v) is 9.43. The molecule has 1 amide bonds. The third-order valence-electron chi connectivity index (χ3n) is 5.48. The summed E-state index contributed by atoms with van der Waals surface area (Å²) in [4.78, 5) is 12.4. The van der Waals surface area contributed by atoms with Gasteiger partial charge in [0.1, 0.15) is 0 Å². The molecule has 1 aliphatic carbocycles. The Kier molecular flexibility index (Phi) is 6.67. The van der Waals surface area contributed by atoms with E-state index in [0.29, 0.717) is 32.5 Å². The first-order valence-corrected chi connectivity index (χ1v) is 13.0. The summed E-state index contributed by atoms with van der Waals surface area (Å²) in [6.07, 6.45) is 3.27. The number of carbonyl (C=O) groups is 1. The molecule has 1 aromatic rings. The molecule has 1 atom stereocenters.